The highest BCUT2D eigenvalue weighted by molar-refractivity contribution is 7.99. The Kier molecular flexibility index (Phi) is 5.03. The van der Waals surface area contributed by atoms with Gasteiger partial charge in [-0.15, -0.1) is 0 Å². The minimum absolute atomic E-state index is 0.0505. The molecule has 21 heavy (non-hydrogen) atoms. The van der Waals surface area contributed by atoms with Crippen LogP contribution in [0.4, 0.5) is 0 Å². The third-order valence-electron chi connectivity index (χ3n) is 2.86. The molecule has 0 amide bonds. The Labute approximate surface area is 121 Å². The van der Waals surface area contributed by atoms with Gasteiger partial charge in [0.25, 0.3) is 0 Å². The predicted molar refractivity (Wildman–Crippen MR) is 74.1 cm³/mol. The fraction of sp³-hybridized carbons (Fsp3) is 0.308. The maximum atomic E-state index is 12.2. The summed E-state index contributed by atoms with van der Waals surface area (Å²) in [5.74, 6) is -4.05. The van der Waals surface area contributed by atoms with E-state index in [1.165, 1.54) is 12.2 Å². The van der Waals surface area contributed by atoms with Crippen molar-refractivity contribution in [3.05, 3.63) is 46.3 Å². The molecule has 0 aromatic rings. The molecule has 0 radical (unpaired) electrons. The number of hydrogen-bond donors (Lipinski definition) is 4. The summed E-state index contributed by atoms with van der Waals surface area (Å²) >= 11 is 0. The molecule has 0 bridgehead atoms. The number of hydrogen-bond acceptors (Lipinski definition) is 7. The molecule has 8 heteroatoms. The Morgan fingerprint density at radius 1 is 0.857 bits per heavy atom. The smallest absolute Gasteiger partial charge is 0.205 e. The zero-order chi connectivity index (χ0) is 16.3. The van der Waals surface area contributed by atoms with Crippen LogP contribution in [-0.2, 0) is 14.6 Å². The van der Waals surface area contributed by atoms with Crippen molar-refractivity contribution in [3.63, 3.8) is 0 Å². The lowest BCUT2D eigenvalue weighted by atomic mass is 10.1. The number of carbonyl (C=O) groups excluding carboxylic acids is 1. The Morgan fingerprint density at radius 3 is 1.43 bits per heavy atom. The van der Waals surface area contributed by atoms with Crippen LogP contribution in [0.3, 0.4) is 0 Å². The molecule has 7 nitrogen and oxygen atoms in total. The summed E-state index contributed by atoms with van der Waals surface area (Å²) < 4.78 is 24.4. The van der Waals surface area contributed by atoms with E-state index in [1.807, 2.05) is 6.79 Å². The number of aliphatic hydroxyl groups is 4. The van der Waals surface area contributed by atoms with Gasteiger partial charge in [-0.05, 0) is 24.3 Å². The van der Waals surface area contributed by atoms with Gasteiger partial charge in [-0.1, -0.05) is 12.2 Å². The molecule has 4 N–H and O–H groups in total. The van der Waals surface area contributed by atoms with E-state index in [0.29, 0.717) is 0 Å². The monoisotopic (exact) mass is 316 g/mol. The maximum Gasteiger partial charge on any atom is 0.205 e. The van der Waals surface area contributed by atoms with Crippen LogP contribution >= 0.6 is 0 Å². The van der Waals surface area contributed by atoms with Gasteiger partial charge in [-0.3, -0.25) is 0 Å². The number of sulfone groups is 1. The minimum Gasteiger partial charge on any atom is -0.362 e. The number of carbonyl (C=O) groups is 1. The number of allylic oxidation sites excluding steroid dienone is 2. The maximum absolute atomic E-state index is 12.2. The molecule has 116 valence electrons. The highest BCUT2D eigenvalue weighted by Gasteiger charge is 2.30. The highest BCUT2D eigenvalue weighted by Crippen LogP contribution is 2.29. The third kappa shape index (κ3) is 4.19. The molecule has 0 unspecified atom stereocenters. The van der Waals surface area contributed by atoms with Gasteiger partial charge in [0.1, 0.15) is 6.79 Å². The minimum atomic E-state index is -3.78. The van der Waals surface area contributed by atoms with E-state index in [1.54, 1.807) is 0 Å². The average Bonchev–Trinajstić information content (AvgIpc) is 2.40. The van der Waals surface area contributed by atoms with Gasteiger partial charge in [0, 0.05) is 12.8 Å². The molecule has 0 saturated heterocycles. The highest BCUT2D eigenvalue weighted by atomic mass is 32.2. The van der Waals surface area contributed by atoms with Crippen LogP contribution in [0.5, 0.6) is 0 Å². The Bertz CT molecular complexity index is 573. The standard InChI is InChI=1S/C12H14O6S.CH2O/c13-11(14)5-1-9(2-6-11)19(17,18)10-3-7-12(15,16)8-4-10;1-2/h1-5,7,13-16H,6,8H2;1H2. The van der Waals surface area contributed by atoms with Crippen molar-refractivity contribution in [1.29, 1.82) is 0 Å². The summed E-state index contributed by atoms with van der Waals surface area (Å²) in [6.45, 7) is 2.00. The van der Waals surface area contributed by atoms with E-state index in [0.717, 1.165) is 24.3 Å². The molecule has 0 fully saturated rings. The molecule has 2 aliphatic rings. The van der Waals surface area contributed by atoms with Gasteiger partial charge >= 0.3 is 0 Å². The van der Waals surface area contributed by atoms with Crippen molar-refractivity contribution >= 4 is 16.6 Å². The van der Waals surface area contributed by atoms with Crippen molar-refractivity contribution in [2.24, 2.45) is 0 Å². The average molecular weight is 316 g/mol. The fourth-order valence-corrected chi connectivity index (χ4v) is 3.11. The largest absolute Gasteiger partial charge is 0.362 e. The fourth-order valence-electron chi connectivity index (χ4n) is 1.74. The quantitative estimate of drug-likeness (QED) is 0.493. The first kappa shape index (κ1) is 17.5. The van der Waals surface area contributed by atoms with Crippen molar-refractivity contribution in [2.45, 2.75) is 24.4 Å². The van der Waals surface area contributed by atoms with Gasteiger partial charge in [0.15, 0.2) is 11.6 Å². The van der Waals surface area contributed by atoms with E-state index in [2.05, 4.69) is 0 Å². The van der Waals surface area contributed by atoms with Crippen molar-refractivity contribution in [1.82, 2.24) is 0 Å². The SMILES string of the molecule is C=O.O=S(=O)(C1=CCC(O)(O)C=C1)C1=CCC(O)(O)C=C1. The molecular weight excluding hydrogens is 300 g/mol. The molecule has 0 heterocycles. The second-order valence-electron chi connectivity index (χ2n) is 4.55. The molecule has 2 rings (SSSR count). The summed E-state index contributed by atoms with van der Waals surface area (Å²) in [7, 11) is -3.78. The molecular formula is C13H16O7S. The first-order chi connectivity index (χ1) is 9.62. The Balaban J connectivity index is 0.00000106. The summed E-state index contributed by atoms with van der Waals surface area (Å²) in [5.41, 5.74) is 0. The molecule has 0 aromatic carbocycles. The number of rotatable bonds is 2. The third-order valence-corrected chi connectivity index (χ3v) is 4.70. The van der Waals surface area contributed by atoms with Crippen LogP contribution < -0.4 is 0 Å². The lowest BCUT2D eigenvalue weighted by molar-refractivity contribution is -0.115. The second-order valence-corrected chi connectivity index (χ2v) is 6.50. The predicted octanol–water partition coefficient (Wildman–Crippen LogP) is -0.734. The Hall–Kier alpha value is -1.58. The van der Waals surface area contributed by atoms with Gasteiger partial charge in [-0.25, -0.2) is 8.42 Å². The van der Waals surface area contributed by atoms with Crippen LogP contribution in [-0.4, -0.2) is 47.2 Å². The zero-order valence-corrected chi connectivity index (χ0v) is 11.8. The molecule has 0 aliphatic heterocycles. The summed E-state index contributed by atoms with van der Waals surface area (Å²) in [6.07, 6.45) is 6.21. The molecule has 2 aliphatic carbocycles. The lowest BCUT2D eigenvalue weighted by Crippen LogP contribution is -2.28. The van der Waals surface area contributed by atoms with E-state index < -0.39 is 21.4 Å². The van der Waals surface area contributed by atoms with Crippen molar-refractivity contribution in [3.8, 4) is 0 Å². The molecule has 0 atom stereocenters. The van der Waals surface area contributed by atoms with E-state index in [-0.39, 0.29) is 22.7 Å². The first-order valence-corrected chi connectivity index (χ1v) is 7.33. The van der Waals surface area contributed by atoms with E-state index in [4.69, 9.17) is 4.79 Å². The lowest BCUT2D eigenvalue weighted by Gasteiger charge is -2.22. The molecule has 0 saturated carbocycles. The van der Waals surface area contributed by atoms with Crippen LogP contribution in [0.2, 0.25) is 0 Å². The molecule has 0 spiro atoms. The summed E-state index contributed by atoms with van der Waals surface area (Å²) in [5, 5.41) is 37.1. The van der Waals surface area contributed by atoms with Crippen LogP contribution in [0.15, 0.2) is 46.3 Å². The van der Waals surface area contributed by atoms with Crippen LogP contribution in [0.25, 0.3) is 0 Å². The summed E-state index contributed by atoms with van der Waals surface area (Å²) in [4.78, 5) is 7.90. The van der Waals surface area contributed by atoms with Crippen LogP contribution in [0.1, 0.15) is 12.8 Å². The van der Waals surface area contributed by atoms with Crippen LogP contribution in [0, 0.1) is 0 Å². The van der Waals surface area contributed by atoms with Crippen molar-refractivity contribution < 1.29 is 33.6 Å². The summed E-state index contributed by atoms with van der Waals surface area (Å²) in [6, 6.07) is 0. The van der Waals surface area contributed by atoms with Gasteiger partial charge in [-0.2, -0.15) is 0 Å². The topological polar surface area (TPSA) is 132 Å². The van der Waals surface area contributed by atoms with Gasteiger partial charge in [0.05, 0.1) is 9.81 Å². The van der Waals surface area contributed by atoms with Gasteiger partial charge < -0.3 is 25.2 Å². The molecule has 0 aromatic heterocycles. The first-order valence-electron chi connectivity index (χ1n) is 5.85. The second kappa shape index (κ2) is 6.04. The van der Waals surface area contributed by atoms with E-state index in [9.17, 15) is 28.8 Å². The zero-order valence-electron chi connectivity index (χ0n) is 11.0. The Morgan fingerprint density at radius 2 is 1.19 bits per heavy atom. The van der Waals surface area contributed by atoms with E-state index >= 15 is 0 Å². The van der Waals surface area contributed by atoms with Gasteiger partial charge in [0.2, 0.25) is 9.84 Å². The normalized spacial score (nSPS) is 22.7. The van der Waals surface area contributed by atoms with Crippen molar-refractivity contribution in [2.75, 3.05) is 0 Å².